The Morgan fingerprint density at radius 1 is 0.929 bits per heavy atom. The van der Waals surface area contributed by atoms with E-state index in [2.05, 4.69) is 15.8 Å². The van der Waals surface area contributed by atoms with E-state index in [9.17, 15) is 4.79 Å². The Kier molecular flexibility index (Phi) is 5.33. The van der Waals surface area contributed by atoms with Gasteiger partial charge in [0.2, 0.25) is 0 Å². The van der Waals surface area contributed by atoms with E-state index in [4.69, 9.17) is 4.74 Å². The number of amides is 1. The van der Waals surface area contributed by atoms with Crippen LogP contribution in [0.1, 0.15) is 23.7 Å². The van der Waals surface area contributed by atoms with E-state index in [0.29, 0.717) is 6.42 Å². The molecule has 0 aromatic heterocycles. The van der Waals surface area contributed by atoms with Gasteiger partial charge in [-0.3, -0.25) is 4.79 Å². The standard InChI is InChI=1S/C23H21N3O2/c27-23(16-24-18-11-5-2-6-12-18)26-25-20-15-22(17-9-3-1-4-10-17)28-21-14-8-7-13-19(20)21/h1-14,22,24H,15-16H2,(H,26,27)/t22-/m1/s1. The molecule has 5 nitrogen and oxygen atoms in total. The zero-order chi connectivity index (χ0) is 19.2. The lowest BCUT2D eigenvalue weighted by Gasteiger charge is -2.27. The molecule has 5 heteroatoms. The molecule has 1 aliphatic rings. The maximum absolute atomic E-state index is 12.2. The minimum Gasteiger partial charge on any atom is -0.485 e. The van der Waals surface area contributed by atoms with Crippen molar-refractivity contribution < 1.29 is 9.53 Å². The van der Waals surface area contributed by atoms with Crippen LogP contribution in [0.15, 0.2) is 90.0 Å². The number of para-hydroxylation sites is 2. The van der Waals surface area contributed by atoms with E-state index < -0.39 is 0 Å². The second kappa shape index (κ2) is 8.39. The fourth-order valence-electron chi connectivity index (χ4n) is 3.16. The summed E-state index contributed by atoms with van der Waals surface area (Å²) in [7, 11) is 0. The van der Waals surface area contributed by atoms with Gasteiger partial charge in [0.25, 0.3) is 5.91 Å². The van der Waals surface area contributed by atoms with Gasteiger partial charge in [0.15, 0.2) is 0 Å². The van der Waals surface area contributed by atoms with Crippen LogP contribution in [0.4, 0.5) is 5.69 Å². The monoisotopic (exact) mass is 371 g/mol. The second-order valence-electron chi connectivity index (χ2n) is 6.53. The molecule has 2 N–H and O–H groups in total. The number of hydrazone groups is 1. The molecule has 140 valence electrons. The molecule has 0 spiro atoms. The molecule has 0 radical (unpaired) electrons. The van der Waals surface area contributed by atoms with Crippen molar-refractivity contribution in [2.75, 3.05) is 11.9 Å². The number of carbonyl (C=O) groups is 1. The van der Waals surface area contributed by atoms with E-state index in [-0.39, 0.29) is 18.6 Å². The van der Waals surface area contributed by atoms with Crippen molar-refractivity contribution in [1.82, 2.24) is 5.43 Å². The first-order chi connectivity index (χ1) is 13.8. The molecule has 3 aromatic rings. The Morgan fingerprint density at radius 3 is 2.39 bits per heavy atom. The van der Waals surface area contributed by atoms with Gasteiger partial charge in [0, 0.05) is 17.7 Å². The summed E-state index contributed by atoms with van der Waals surface area (Å²) in [5.74, 6) is 0.578. The van der Waals surface area contributed by atoms with Gasteiger partial charge in [-0.1, -0.05) is 60.7 Å². The Hall–Kier alpha value is -3.60. The van der Waals surface area contributed by atoms with E-state index in [1.807, 2.05) is 84.9 Å². The van der Waals surface area contributed by atoms with Gasteiger partial charge in [-0.25, -0.2) is 5.43 Å². The number of nitrogens with one attached hydrogen (secondary N) is 2. The lowest BCUT2D eigenvalue weighted by molar-refractivity contribution is -0.119. The molecule has 1 heterocycles. The van der Waals surface area contributed by atoms with E-state index >= 15 is 0 Å². The lowest BCUT2D eigenvalue weighted by Crippen LogP contribution is -2.29. The van der Waals surface area contributed by atoms with Crippen LogP contribution in [-0.4, -0.2) is 18.2 Å². The van der Waals surface area contributed by atoms with Crippen molar-refractivity contribution in [2.45, 2.75) is 12.5 Å². The van der Waals surface area contributed by atoms with Gasteiger partial charge >= 0.3 is 0 Å². The molecule has 0 fully saturated rings. The van der Waals surface area contributed by atoms with Crippen LogP contribution >= 0.6 is 0 Å². The van der Waals surface area contributed by atoms with Crippen LogP contribution in [0.3, 0.4) is 0 Å². The fraction of sp³-hybridized carbons (Fsp3) is 0.130. The molecule has 1 atom stereocenters. The van der Waals surface area contributed by atoms with Crippen molar-refractivity contribution in [2.24, 2.45) is 5.10 Å². The smallest absolute Gasteiger partial charge is 0.259 e. The fourth-order valence-corrected chi connectivity index (χ4v) is 3.16. The summed E-state index contributed by atoms with van der Waals surface area (Å²) in [6.45, 7) is 0.154. The summed E-state index contributed by atoms with van der Waals surface area (Å²) in [5.41, 5.74) is 6.36. The van der Waals surface area contributed by atoms with Gasteiger partial charge in [-0.2, -0.15) is 5.10 Å². The van der Waals surface area contributed by atoms with Crippen LogP contribution in [0.5, 0.6) is 5.75 Å². The minimum atomic E-state index is -0.198. The number of benzene rings is 3. The molecule has 0 saturated heterocycles. The van der Waals surface area contributed by atoms with Crippen LogP contribution in [0.2, 0.25) is 0 Å². The maximum atomic E-state index is 12.2. The maximum Gasteiger partial charge on any atom is 0.259 e. The van der Waals surface area contributed by atoms with Crippen LogP contribution < -0.4 is 15.5 Å². The molecule has 0 unspecified atom stereocenters. The van der Waals surface area contributed by atoms with Crippen LogP contribution in [0, 0.1) is 0 Å². The van der Waals surface area contributed by atoms with Gasteiger partial charge < -0.3 is 10.1 Å². The highest BCUT2D eigenvalue weighted by molar-refractivity contribution is 6.04. The Labute approximate surface area is 164 Å². The molecular weight excluding hydrogens is 350 g/mol. The summed E-state index contributed by atoms with van der Waals surface area (Å²) < 4.78 is 6.15. The summed E-state index contributed by atoms with van der Waals surface area (Å²) in [6.07, 6.45) is 0.460. The molecule has 0 saturated carbocycles. The van der Waals surface area contributed by atoms with Crippen LogP contribution in [-0.2, 0) is 4.79 Å². The predicted octanol–water partition coefficient (Wildman–Crippen LogP) is 4.14. The number of anilines is 1. The Morgan fingerprint density at radius 2 is 1.61 bits per heavy atom. The zero-order valence-electron chi connectivity index (χ0n) is 15.3. The topological polar surface area (TPSA) is 62.7 Å². The first-order valence-corrected chi connectivity index (χ1v) is 9.25. The van der Waals surface area contributed by atoms with Gasteiger partial charge in [0.05, 0.1) is 12.3 Å². The summed E-state index contributed by atoms with van der Waals surface area (Å²) >= 11 is 0. The number of hydrogen-bond acceptors (Lipinski definition) is 4. The predicted molar refractivity (Wildman–Crippen MR) is 110 cm³/mol. The molecule has 28 heavy (non-hydrogen) atoms. The molecule has 1 aliphatic heterocycles. The average molecular weight is 371 g/mol. The Balaban J connectivity index is 1.48. The van der Waals surface area contributed by atoms with Crippen molar-refractivity contribution in [3.05, 3.63) is 96.1 Å². The highest BCUT2D eigenvalue weighted by Gasteiger charge is 2.26. The summed E-state index contributed by atoms with van der Waals surface area (Å²) in [5, 5.41) is 7.49. The third-order valence-electron chi connectivity index (χ3n) is 4.56. The van der Waals surface area contributed by atoms with Gasteiger partial charge in [0.1, 0.15) is 11.9 Å². The number of nitrogens with zero attached hydrogens (tertiary/aromatic N) is 1. The van der Waals surface area contributed by atoms with E-state index in [1.165, 1.54) is 0 Å². The number of ether oxygens (including phenoxy) is 1. The lowest BCUT2D eigenvalue weighted by atomic mass is 9.96. The zero-order valence-corrected chi connectivity index (χ0v) is 15.3. The number of rotatable bonds is 5. The largest absolute Gasteiger partial charge is 0.485 e. The first-order valence-electron chi connectivity index (χ1n) is 9.25. The van der Waals surface area contributed by atoms with Crippen molar-refractivity contribution in [3.8, 4) is 5.75 Å². The third-order valence-corrected chi connectivity index (χ3v) is 4.56. The quantitative estimate of drug-likeness (QED) is 0.663. The SMILES string of the molecule is O=C(CNc1ccccc1)NN=C1C[C@H](c2ccccc2)Oc2ccccc21. The average Bonchev–Trinajstić information content (AvgIpc) is 2.77. The van der Waals surface area contributed by atoms with Crippen molar-refractivity contribution >= 4 is 17.3 Å². The van der Waals surface area contributed by atoms with Crippen molar-refractivity contribution in [1.29, 1.82) is 0 Å². The van der Waals surface area contributed by atoms with Crippen molar-refractivity contribution in [3.63, 3.8) is 0 Å². The molecule has 4 rings (SSSR count). The first kappa shape index (κ1) is 17.8. The normalized spacial score (nSPS) is 16.7. The summed E-state index contributed by atoms with van der Waals surface area (Å²) in [6, 6.07) is 27.4. The Bertz CT molecular complexity index is 971. The molecular formula is C23H21N3O2. The summed E-state index contributed by atoms with van der Waals surface area (Å²) in [4.78, 5) is 12.2. The van der Waals surface area contributed by atoms with E-state index in [0.717, 1.165) is 28.3 Å². The molecule has 3 aromatic carbocycles. The van der Waals surface area contributed by atoms with Gasteiger partial charge in [-0.15, -0.1) is 0 Å². The van der Waals surface area contributed by atoms with Gasteiger partial charge in [-0.05, 0) is 29.8 Å². The number of carbonyl (C=O) groups excluding carboxylic acids is 1. The molecule has 1 amide bonds. The number of fused-ring (bicyclic) bond motifs is 1. The second-order valence-corrected chi connectivity index (χ2v) is 6.53. The third kappa shape index (κ3) is 4.20. The minimum absolute atomic E-state index is 0.130. The van der Waals surface area contributed by atoms with Crippen LogP contribution in [0.25, 0.3) is 0 Å². The number of hydrogen-bond donors (Lipinski definition) is 2. The highest BCUT2D eigenvalue weighted by atomic mass is 16.5. The molecule has 0 aliphatic carbocycles. The molecule has 0 bridgehead atoms. The van der Waals surface area contributed by atoms with E-state index in [1.54, 1.807) is 0 Å². The highest BCUT2D eigenvalue weighted by Crippen LogP contribution is 2.34.